The van der Waals surface area contributed by atoms with E-state index in [1.807, 2.05) is 12.1 Å². The van der Waals surface area contributed by atoms with Crippen LogP contribution in [0.2, 0.25) is 0 Å². The summed E-state index contributed by atoms with van der Waals surface area (Å²) in [6, 6.07) is 17.6. The molecular formula is C18H22NO5P. The molecule has 7 heteroatoms. The molecule has 0 fully saturated rings. The molecule has 1 amide bonds. The Balaban J connectivity index is 2.25. The second-order valence-corrected chi connectivity index (χ2v) is 7.10. The van der Waals surface area contributed by atoms with E-state index in [1.165, 1.54) is 0 Å². The number of benzene rings is 2. The van der Waals surface area contributed by atoms with Crippen molar-refractivity contribution in [3.05, 3.63) is 66.2 Å². The molecule has 1 N–H and O–H groups in total. The monoisotopic (exact) mass is 363 g/mol. The average molecular weight is 363 g/mol. The summed E-state index contributed by atoms with van der Waals surface area (Å²) in [5.41, 5.74) is 1.11. The van der Waals surface area contributed by atoms with Gasteiger partial charge >= 0.3 is 13.7 Å². The fourth-order valence-corrected chi connectivity index (χ4v) is 4.06. The molecule has 0 aliphatic rings. The van der Waals surface area contributed by atoms with Crippen molar-refractivity contribution in [1.29, 1.82) is 0 Å². The van der Waals surface area contributed by atoms with Crippen molar-refractivity contribution in [1.82, 2.24) is 0 Å². The van der Waals surface area contributed by atoms with Crippen molar-refractivity contribution in [2.75, 3.05) is 18.5 Å². The van der Waals surface area contributed by atoms with Gasteiger partial charge in [0.2, 0.25) is 5.85 Å². The number of hydrogen-bond donors (Lipinski definition) is 1. The second-order valence-electron chi connectivity index (χ2n) is 5.03. The number of rotatable bonds is 8. The third kappa shape index (κ3) is 5.43. The number of nitrogens with one attached hydrogen (secondary N) is 1. The number of amides is 1. The van der Waals surface area contributed by atoms with Crippen LogP contribution in [-0.4, -0.2) is 19.3 Å². The fourth-order valence-electron chi connectivity index (χ4n) is 2.24. The molecule has 2 aromatic carbocycles. The van der Waals surface area contributed by atoms with Gasteiger partial charge < -0.3 is 13.8 Å². The van der Waals surface area contributed by atoms with Crippen molar-refractivity contribution < 1.29 is 23.1 Å². The zero-order chi connectivity index (χ0) is 18.1. The van der Waals surface area contributed by atoms with Crippen LogP contribution in [-0.2, 0) is 18.3 Å². The first kappa shape index (κ1) is 19.2. The number of ether oxygens (including phenoxy) is 1. The molecule has 134 valence electrons. The molecule has 0 radical (unpaired) electrons. The summed E-state index contributed by atoms with van der Waals surface area (Å²) in [5.74, 6) is -1.16. The molecule has 2 rings (SSSR count). The predicted molar refractivity (Wildman–Crippen MR) is 96.6 cm³/mol. The average Bonchev–Trinajstić information content (AvgIpc) is 2.61. The quantitative estimate of drug-likeness (QED) is 0.653. The molecule has 1 unspecified atom stereocenters. The summed E-state index contributed by atoms with van der Waals surface area (Å²) in [6.45, 7) is 3.75. The van der Waals surface area contributed by atoms with E-state index in [0.717, 1.165) is 0 Å². The van der Waals surface area contributed by atoms with Gasteiger partial charge in [0.25, 0.3) is 0 Å². The van der Waals surface area contributed by atoms with E-state index in [1.54, 1.807) is 62.4 Å². The molecule has 1 atom stereocenters. The maximum absolute atomic E-state index is 13.2. The van der Waals surface area contributed by atoms with Crippen molar-refractivity contribution >= 4 is 19.4 Å². The van der Waals surface area contributed by atoms with Gasteiger partial charge in [-0.1, -0.05) is 48.5 Å². The van der Waals surface area contributed by atoms with Crippen molar-refractivity contribution in [3.8, 4) is 0 Å². The van der Waals surface area contributed by atoms with E-state index in [2.05, 4.69) is 5.32 Å². The van der Waals surface area contributed by atoms with Crippen LogP contribution < -0.4 is 5.32 Å². The van der Waals surface area contributed by atoms with Crippen molar-refractivity contribution in [3.63, 3.8) is 0 Å². The highest BCUT2D eigenvalue weighted by Crippen LogP contribution is 2.61. The molecule has 0 aromatic heterocycles. The molecule has 2 aromatic rings. The Hall–Kier alpha value is -2.14. The third-order valence-corrected chi connectivity index (χ3v) is 5.44. The Bertz CT molecular complexity index is 698. The maximum Gasteiger partial charge on any atom is 0.412 e. The highest BCUT2D eigenvalue weighted by Gasteiger charge is 2.40. The van der Waals surface area contributed by atoms with Crippen LogP contribution in [0, 0.1) is 0 Å². The molecule has 0 saturated heterocycles. The Kier molecular flexibility index (Phi) is 7.19. The molecular weight excluding hydrogens is 341 g/mol. The molecule has 6 nitrogen and oxygen atoms in total. The fraction of sp³-hybridized carbons (Fsp3) is 0.278. The molecule has 0 heterocycles. The van der Waals surface area contributed by atoms with E-state index < -0.39 is 19.5 Å². The lowest BCUT2D eigenvalue weighted by Gasteiger charge is -2.26. The Labute approximate surface area is 147 Å². The summed E-state index contributed by atoms with van der Waals surface area (Å²) < 4.78 is 29.3. The van der Waals surface area contributed by atoms with Crippen LogP contribution in [0.5, 0.6) is 0 Å². The first-order chi connectivity index (χ1) is 12.1. The molecule has 0 spiro atoms. The topological polar surface area (TPSA) is 73.9 Å². The van der Waals surface area contributed by atoms with Gasteiger partial charge in [-0.3, -0.25) is 9.88 Å². The van der Waals surface area contributed by atoms with Crippen LogP contribution in [0.15, 0.2) is 60.7 Å². The van der Waals surface area contributed by atoms with Gasteiger partial charge in [-0.05, 0) is 26.0 Å². The lowest BCUT2D eigenvalue weighted by Crippen LogP contribution is -2.19. The summed E-state index contributed by atoms with van der Waals surface area (Å²) in [4.78, 5) is 12.3. The van der Waals surface area contributed by atoms with Gasteiger partial charge in [0, 0.05) is 11.3 Å². The number of anilines is 1. The highest BCUT2D eigenvalue weighted by atomic mass is 31.2. The molecule has 0 bridgehead atoms. The van der Waals surface area contributed by atoms with Crippen LogP contribution in [0.25, 0.3) is 0 Å². The Morgan fingerprint density at radius 2 is 1.48 bits per heavy atom. The van der Waals surface area contributed by atoms with Crippen LogP contribution in [0.4, 0.5) is 10.5 Å². The minimum absolute atomic E-state index is 0.171. The lowest BCUT2D eigenvalue weighted by atomic mass is 10.2. The summed E-state index contributed by atoms with van der Waals surface area (Å²) in [6.07, 6.45) is -0.736. The van der Waals surface area contributed by atoms with Crippen LogP contribution in [0.3, 0.4) is 0 Å². The van der Waals surface area contributed by atoms with Gasteiger partial charge in [-0.2, -0.15) is 0 Å². The van der Waals surface area contributed by atoms with Crippen LogP contribution in [0.1, 0.15) is 25.3 Å². The number of hydrogen-bond acceptors (Lipinski definition) is 5. The minimum atomic E-state index is -3.69. The SMILES string of the molecule is CCOP(=O)(OCC)C(OC(=O)Nc1ccccc1)c1ccccc1. The van der Waals surface area contributed by atoms with Crippen molar-refractivity contribution in [2.24, 2.45) is 0 Å². The van der Waals surface area contributed by atoms with E-state index >= 15 is 0 Å². The van der Waals surface area contributed by atoms with E-state index in [0.29, 0.717) is 11.3 Å². The van der Waals surface area contributed by atoms with E-state index in [9.17, 15) is 9.36 Å². The van der Waals surface area contributed by atoms with E-state index in [4.69, 9.17) is 13.8 Å². The summed E-state index contributed by atoms with van der Waals surface area (Å²) >= 11 is 0. The first-order valence-corrected chi connectivity index (χ1v) is 9.66. The lowest BCUT2D eigenvalue weighted by molar-refractivity contribution is 0.113. The van der Waals surface area contributed by atoms with Gasteiger partial charge in [-0.25, -0.2) is 4.79 Å². The Morgan fingerprint density at radius 1 is 0.960 bits per heavy atom. The molecule has 25 heavy (non-hydrogen) atoms. The standard InChI is InChI=1S/C18H22NO5P/c1-3-22-25(21,23-4-2)17(15-11-7-5-8-12-15)24-18(20)19-16-13-9-6-10-14-16/h5-14,17H,3-4H2,1-2H3,(H,19,20). The van der Waals surface area contributed by atoms with Crippen molar-refractivity contribution in [2.45, 2.75) is 19.7 Å². The van der Waals surface area contributed by atoms with Crippen LogP contribution >= 0.6 is 7.60 Å². The molecule has 0 aliphatic carbocycles. The number of carbonyl (C=O) groups is 1. The number of carbonyl (C=O) groups excluding carboxylic acids is 1. The van der Waals surface area contributed by atoms with Gasteiger partial charge in [0.1, 0.15) is 0 Å². The second kappa shape index (κ2) is 9.37. The van der Waals surface area contributed by atoms with Gasteiger partial charge in [-0.15, -0.1) is 0 Å². The maximum atomic E-state index is 13.2. The summed E-state index contributed by atoms with van der Waals surface area (Å²) in [7, 11) is -3.69. The largest absolute Gasteiger partial charge is 0.428 e. The first-order valence-electron chi connectivity index (χ1n) is 8.05. The zero-order valence-electron chi connectivity index (χ0n) is 14.3. The van der Waals surface area contributed by atoms with Gasteiger partial charge in [0.15, 0.2) is 0 Å². The zero-order valence-corrected chi connectivity index (χ0v) is 15.1. The highest BCUT2D eigenvalue weighted by molar-refractivity contribution is 7.54. The summed E-state index contributed by atoms with van der Waals surface area (Å²) in [5, 5.41) is 2.61. The molecule has 0 aliphatic heterocycles. The van der Waals surface area contributed by atoms with Gasteiger partial charge in [0.05, 0.1) is 13.2 Å². The number of para-hydroxylation sites is 1. The van der Waals surface area contributed by atoms with E-state index in [-0.39, 0.29) is 13.2 Å². The molecule has 0 saturated carbocycles. The minimum Gasteiger partial charge on any atom is -0.428 e. The third-order valence-electron chi connectivity index (χ3n) is 3.23. The smallest absolute Gasteiger partial charge is 0.412 e. The Morgan fingerprint density at radius 3 is 2.00 bits per heavy atom. The normalized spacial score (nSPS) is 12.4. The predicted octanol–water partition coefficient (Wildman–Crippen LogP) is 5.20.